The van der Waals surface area contributed by atoms with Gasteiger partial charge in [-0.25, -0.2) is 4.98 Å². The van der Waals surface area contributed by atoms with E-state index in [0.29, 0.717) is 6.04 Å². The molecule has 0 aromatic carbocycles. The van der Waals surface area contributed by atoms with Crippen LogP contribution < -0.4 is 10.2 Å². The Morgan fingerprint density at radius 1 is 1.26 bits per heavy atom. The van der Waals surface area contributed by atoms with Crippen molar-refractivity contribution in [2.75, 3.05) is 18.0 Å². The molecular formula is C15H28N4. The summed E-state index contributed by atoms with van der Waals surface area (Å²) in [6, 6.07) is 0.509. The van der Waals surface area contributed by atoms with Gasteiger partial charge in [0.1, 0.15) is 5.82 Å². The fourth-order valence-corrected chi connectivity index (χ4v) is 1.98. The normalized spacial score (nSPS) is 12.4. The smallest absolute Gasteiger partial charge is 0.147 e. The average Bonchev–Trinajstić information content (AvgIpc) is 2.45. The molecule has 1 aromatic heterocycles. The maximum Gasteiger partial charge on any atom is 0.147 e. The Kier molecular flexibility index (Phi) is 7.41. The van der Waals surface area contributed by atoms with Crippen LogP contribution in [0.25, 0.3) is 0 Å². The van der Waals surface area contributed by atoms with E-state index < -0.39 is 0 Å². The largest absolute Gasteiger partial charge is 0.353 e. The number of anilines is 1. The molecule has 1 atom stereocenters. The predicted octanol–water partition coefficient (Wildman–Crippen LogP) is 2.99. The van der Waals surface area contributed by atoms with Crippen molar-refractivity contribution in [1.29, 1.82) is 0 Å². The molecule has 4 heteroatoms. The van der Waals surface area contributed by atoms with Crippen LogP contribution in [0.1, 0.15) is 52.7 Å². The van der Waals surface area contributed by atoms with E-state index in [1.165, 1.54) is 12.8 Å². The lowest BCUT2D eigenvalue weighted by Crippen LogP contribution is -2.34. The van der Waals surface area contributed by atoms with E-state index in [1.54, 1.807) is 0 Å². The quantitative estimate of drug-likeness (QED) is 0.744. The maximum absolute atomic E-state index is 4.73. The zero-order valence-electron chi connectivity index (χ0n) is 12.8. The summed E-state index contributed by atoms with van der Waals surface area (Å²) in [6.07, 6.45) is 7.27. The van der Waals surface area contributed by atoms with Gasteiger partial charge in [-0.05, 0) is 26.3 Å². The summed E-state index contributed by atoms with van der Waals surface area (Å²) in [4.78, 5) is 11.5. The molecule has 0 fully saturated rings. The Bertz CT molecular complexity index is 354. The van der Waals surface area contributed by atoms with Crippen molar-refractivity contribution in [3.8, 4) is 0 Å². The Labute approximate surface area is 117 Å². The number of rotatable bonds is 9. The van der Waals surface area contributed by atoms with Gasteiger partial charge in [-0.3, -0.25) is 4.98 Å². The highest BCUT2D eigenvalue weighted by atomic mass is 15.2. The number of nitrogens with zero attached hydrogens (tertiary/aromatic N) is 3. The van der Waals surface area contributed by atoms with Gasteiger partial charge in [0.2, 0.25) is 0 Å². The molecule has 0 bridgehead atoms. The molecule has 0 aliphatic carbocycles. The summed E-state index contributed by atoms with van der Waals surface area (Å²) in [6.45, 7) is 11.6. The van der Waals surface area contributed by atoms with Crippen molar-refractivity contribution >= 4 is 5.82 Å². The van der Waals surface area contributed by atoms with Gasteiger partial charge in [0.25, 0.3) is 0 Å². The Morgan fingerprint density at radius 3 is 2.68 bits per heavy atom. The minimum absolute atomic E-state index is 0.509. The third-order valence-electron chi connectivity index (χ3n) is 3.40. The van der Waals surface area contributed by atoms with Crippen molar-refractivity contribution in [2.45, 2.75) is 59.5 Å². The minimum Gasteiger partial charge on any atom is -0.353 e. The minimum atomic E-state index is 0.509. The number of nitrogens with one attached hydrogen (secondary N) is 1. The average molecular weight is 264 g/mol. The van der Waals surface area contributed by atoms with E-state index in [-0.39, 0.29) is 0 Å². The summed E-state index contributed by atoms with van der Waals surface area (Å²) < 4.78 is 0. The summed E-state index contributed by atoms with van der Waals surface area (Å²) in [5, 5.41) is 3.30. The molecule has 0 amide bonds. The van der Waals surface area contributed by atoms with Crippen LogP contribution in [0.5, 0.6) is 0 Å². The Balaban J connectivity index is 2.81. The number of hydrogen-bond acceptors (Lipinski definition) is 4. The van der Waals surface area contributed by atoms with Crippen molar-refractivity contribution < 1.29 is 0 Å². The highest BCUT2D eigenvalue weighted by Gasteiger charge is 2.14. The van der Waals surface area contributed by atoms with Crippen LogP contribution in [0.15, 0.2) is 12.4 Å². The van der Waals surface area contributed by atoms with Gasteiger partial charge >= 0.3 is 0 Å². The van der Waals surface area contributed by atoms with Gasteiger partial charge in [-0.1, -0.05) is 27.2 Å². The maximum atomic E-state index is 4.73. The summed E-state index contributed by atoms with van der Waals surface area (Å²) in [5.41, 5.74) is 1.02. The molecule has 0 saturated carbocycles. The zero-order chi connectivity index (χ0) is 14.1. The highest BCUT2D eigenvalue weighted by Crippen LogP contribution is 2.16. The first kappa shape index (κ1) is 15.9. The lowest BCUT2D eigenvalue weighted by Gasteiger charge is -2.29. The standard InChI is InChI=1S/C15H28N4/c1-5-8-9-19(13(4)6-2)15-12-17-11-14(18-15)10-16-7-3/h11-13,16H,5-10H2,1-4H3. The fourth-order valence-electron chi connectivity index (χ4n) is 1.98. The highest BCUT2D eigenvalue weighted by molar-refractivity contribution is 5.37. The first-order chi connectivity index (χ1) is 9.22. The first-order valence-electron chi connectivity index (χ1n) is 7.51. The Morgan fingerprint density at radius 2 is 2.05 bits per heavy atom. The molecule has 1 heterocycles. The lowest BCUT2D eigenvalue weighted by molar-refractivity contribution is 0.586. The Hall–Kier alpha value is -1.16. The molecule has 1 N–H and O–H groups in total. The van der Waals surface area contributed by atoms with E-state index in [9.17, 15) is 0 Å². The van der Waals surface area contributed by atoms with Crippen LogP contribution in [-0.2, 0) is 6.54 Å². The van der Waals surface area contributed by atoms with Crippen LogP contribution >= 0.6 is 0 Å². The molecule has 0 aliphatic rings. The number of aromatic nitrogens is 2. The van der Waals surface area contributed by atoms with Crippen molar-refractivity contribution in [3.63, 3.8) is 0 Å². The lowest BCUT2D eigenvalue weighted by atomic mass is 10.2. The summed E-state index contributed by atoms with van der Waals surface area (Å²) >= 11 is 0. The molecule has 0 aliphatic heterocycles. The van der Waals surface area contributed by atoms with Crippen molar-refractivity contribution in [1.82, 2.24) is 15.3 Å². The monoisotopic (exact) mass is 264 g/mol. The zero-order valence-corrected chi connectivity index (χ0v) is 12.8. The molecule has 0 radical (unpaired) electrons. The van der Waals surface area contributed by atoms with Crippen LogP contribution in [-0.4, -0.2) is 29.1 Å². The van der Waals surface area contributed by atoms with Crippen molar-refractivity contribution in [3.05, 3.63) is 18.1 Å². The van der Waals surface area contributed by atoms with Gasteiger partial charge in [-0.15, -0.1) is 0 Å². The molecule has 108 valence electrons. The fraction of sp³-hybridized carbons (Fsp3) is 0.733. The SMILES string of the molecule is CCCCN(c1cncc(CNCC)n1)C(C)CC. The molecule has 4 nitrogen and oxygen atoms in total. The topological polar surface area (TPSA) is 41.1 Å². The van der Waals surface area contributed by atoms with E-state index >= 15 is 0 Å². The number of unbranched alkanes of at least 4 members (excludes halogenated alkanes) is 1. The van der Waals surface area contributed by atoms with Gasteiger partial charge in [0.05, 0.1) is 11.9 Å². The second-order valence-electron chi connectivity index (χ2n) is 4.95. The summed E-state index contributed by atoms with van der Waals surface area (Å²) in [5.74, 6) is 1.01. The van der Waals surface area contributed by atoms with Crippen LogP contribution in [0.2, 0.25) is 0 Å². The van der Waals surface area contributed by atoms with E-state index in [0.717, 1.165) is 37.6 Å². The van der Waals surface area contributed by atoms with Crippen LogP contribution in [0.4, 0.5) is 5.82 Å². The van der Waals surface area contributed by atoms with Crippen LogP contribution in [0, 0.1) is 0 Å². The second-order valence-corrected chi connectivity index (χ2v) is 4.95. The molecule has 1 aromatic rings. The van der Waals surface area contributed by atoms with Gasteiger partial charge in [-0.2, -0.15) is 0 Å². The molecule has 1 rings (SSSR count). The molecular weight excluding hydrogens is 236 g/mol. The molecule has 0 saturated heterocycles. The van der Waals surface area contributed by atoms with Gasteiger partial charge < -0.3 is 10.2 Å². The molecule has 0 spiro atoms. The van der Waals surface area contributed by atoms with E-state index in [2.05, 4.69) is 42.9 Å². The van der Waals surface area contributed by atoms with E-state index in [1.807, 2.05) is 12.4 Å². The van der Waals surface area contributed by atoms with E-state index in [4.69, 9.17) is 4.98 Å². The second kappa shape index (κ2) is 8.86. The molecule has 1 unspecified atom stereocenters. The summed E-state index contributed by atoms with van der Waals surface area (Å²) in [7, 11) is 0. The van der Waals surface area contributed by atoms with Gasteiger partial charge in [0.15, 0.2) is 0 Å². The number of hydrogen-bond donors (Lipinski definition) is 1. The first-order valence-corrected chi connectivity index (χ1v) is 7.51. The van der Waals surface area contributed by atoms with Crippen molar-refractivity contribution in [2.24, 2.45) is 0 Å². The third kappa shape index (κ3) is 5.15. The molecule has 19 heavy (non-hydrogen) atoms. The van der Waals surface area contributed by atoms with Gasteiger partial charge in [0, 0.05) is 25.3 Å². The third-order valence-corrected chi connectivity index (χ3v) is 3.40. The predicted molar refractivity (Wildman–Crippen MR) is 81.4 cm³/mol. The van der Waals surface area contributed by atoms with Crippen LogP contribution in [0.3, 0.4) is 0 Å².